The summed E-state index contributed by atoms with van der Waals surface area (Å²) in [7, 11) is 0. The van der Waals surface area contributed by atoms with Crippen molar-refractivity contribution >= 4 is 23.2 Å². The predicted molar refractivity (Wildman–Crippen MR) is 71.2 cm³/mol. The molecule has 1 aromatic heterocycles. The van der Waals surface area contributed by atoms with E-state index in [1.54, 1.807) is 11.3 Å². The average molecular weight is 283 g/mol. The molecule has 1 aromatic rings. The highest BCUT2D eigenvalue weighted by molar-refractivity contribution is 7.09. The minimum absolute atomic E-state index is 0.0178. The van der Waals surface area contributed by atoms with Crippen LogP contribution >= 0.6 is 11.3 Å². The van der Waals surface area contributed by atoms with Crippen LogP contribution in [0.5, 0.6) is 0 Å². The fourth-order valence-electron chi connectivity index (χ4n) is 2.05. The number of aryl methyl sites for hydroxylation is 1. The van der Waals surface area contributed by atoms with Gasteiger partial charge in [-0.15, -0.1) is 11.3 Å². The molecule has 1 fully saturated rings. The molecule has 1 saturated heterocycles. The molecule has 0 aliphatic carbocycles. The molecule has 5 nitrogen and oxygen atoms in total. The van der Waals surface area contributed by atoms with E-state index in [2.05, 4.69) is 5.32 Å². The van der Waals surface area contributed by atoms with Crippen molar-refractivity contribution in [1.29, 1.82) is 0 Å². The lowest BCUT2D eigenvalue weighted by atomic mass is 10.2. The third kappa shape index (κ3) is 4.33. The Morgan fingerprint density at radius 3 is 2.95 bits per heavy atom. The first-order chi connectivity index (χ1) is 9.15. The highest BCUT2D eigenvalue weighted by atomic mass is 32.1. The second-order valence-electron chi connectivity index (χ2n) is 4.55. The van der Waals surface area contributed by atoms with Gasteiger partial charge in [-0.3, -0.25) is 4.79 Å². The molecule has 104 valence electrons. The average Bonchev–Trinajstić information content (AvgIpc) is 3.05. The fraction of sp³-hybridized carbons (Fsp3) is 0.538. The topological polar surface area (TPSA) is 75.6 Å². The largest absolute Gasteiger partial charge is 0.479 e. The molecule has 0 aromatic carbocycles. The van der Waals surface area contributed by atoms with Crippen molar-refractivity contribution in [3.63, 3.8) is 0 Å². The number of hydrogen-bond acceptors (Lipinski definition) is 4. The van der Waals surface area contributed by atoms with Crippen LogP contribution < -0.4 is 5.32 Å². The van der Waals surface area contributed by atoms with Gasteiger partial charge in [-0.05, 0) is 30.7 Å². The van der Waals surface area contributed by atoms with Gasteiger partial charge in [-0.25, -0.2) is 4.79 Å². The van der Waals surface area contributed by atoms with Crippen LogP contribution in [-0.4, -0.2) is 35.7 Å². The normalized spacial score (nSPS) is 22.3. The Labute approximate surface area is 115 Å². The molecule has 0 spiro atoms. The zero-order valence-corrected chi connectivity index (χ0v) is 11.3. The molecule has 2 rings (SSSR count). The van der Waals surface area contributed by atoms with E-state index >= 15 is 0 Å². The molecular weight excluding hydrogens is 266 g/mol. The van der Waals surface area contributed by atoms with E-state index in [1.165, 1.54) is 4.88 Å². The summed E-state index contributed by atoms with van der Waals surface area (Å²) in [6.45, 7) is 0.396. The highest BCUT2D eigenvalue weighted by Gasteiger charge is 2.30. The standard InChI is InChI=1S/C13H17NO4S/c15-12(6-4-10-2-1-7-19-10)14-8-9-3-5-11(18-9)13(16)17/h1-2,7,9,11H,3-6,8H2,(H,14,15)(H,16,17). The van der Waals surface area contributed by atoms with Crippen molar-refractivity contribution in [3.8, 4) is 0 Å². The number of carboxylic acid groups (broad SMARTS) is 1. The van der Waals surface area contributed by atoms with Crippen LogP contribution in [0, 0.1) is 0 Å². The van der Waals surface area contributed by atoms with Gasteiger partial charge in [-0.1, -0.05) is 6.07 Å². The van der Waals surface area contributed by atoms with Gasteiger partial charge in [0.25, 0.3) is 0 Å². The number of amides is 1. The maximum absolute atomic E-state index is 11.6. The van der Waals surface area contributed by atoms with Crippen LogP contribution in [0.2, 0.25) is 0 Å². The SMILES string of the molecule is O=C(CCc1cccs1)NCC1CCC(C(=O)O)O1. The summed E-state index contributed by atoms with van der Waals surface area (Å²) in [6.07, 6.45) is 1.51. The first-order valence-electron chi connectivity index (χ1n) is 6.32. The van der Waals surface area contributed by atoms with Crippen molar-refractivity contribution in [3.05, 3.63) is 22.4 Å². The number of aliphatic carboxylic acids is 1. The van der Waals surface area contributed by atoms with E-state index in [9.17, 15) is 9.59 Å². The van der Waals surface area contributed by atoms with Gasteiger partial charge in [0, 0.05) is 17.8 Å². The summed E-state index contributed by atoms with van der Waals surface area (Å²) in [5.41, 5.74) is 0. The quantitative estimate of drug-likeness (QED) is 0.828. The number of carbonyl (C=O) groups excluding carboxylic acids is 1. The summed E-state index contributed by atoms with van der Waals surface area (Å²) >= 11 is 1.64. The Bertz CT molecular complexity index is 432. The van der Waals surface area contributed by atoms with Crippen LogP contribution in [0.1, 0.15) is 24.1 Å². The lowest BCUT2D eigenvalue weighted by Crippen LogP contribution is -2.33. The maximum atomic E-state index is 11.6. The van der Waals surface area contributed by atoms with Crippen LogP contribution in [0.15, 0.2) is 17.5 Å². The third-order valence-electron chi connectivity index (χ3n) is 3.09. The number of ether oxygens (including phenoxy) is 1. The zero-order chi connectivity index (χ0) is 13.7. The first-order valence-corrected chi connectivity index (χ1v) is 7.20. The summed E-state index contributed by atoms with van der Waals surface area (Å²) in [5.74, 6) is -0.942. The van der Waals surface area contributed by atoms with Crippen LogP contribution in [-0.2, 0) is 20.7 Å². The van der Waals surface area contributed by atoms with Crippen molar-refractivity contribution < 1.29 is 19.4 Å². The molecule has 1 amide bonds. The zero-order valence-electron chi connectivity index (χ0n) is 10.5. The number of carboxylic acids is 1. The summed E-state index contributed by atoms with van der Waals surface area (Å²) in [4.78, 5) is 23.5. The second kappa shape index (κ2) is 6.68. The number of carbonyl (C=O) groups is 2. The monoisotopic (exact) mass is 283 g/mol. The lowest BCUT2D eigenvalue weighted by Gasteiger charge is -2.12. The molecule has 2 heterocycles. The Kier molecular flexibility index (Phi) is 4.93. The minimum Gasteiger partial charge on any atom is -0.479 e. The van der Waals surface area contributed by atoms with E-state index < -0.39 is 12.1 Å². The highest BCUT2D eigenvalue weighted by Crippen LogP contribution is 2.19. The number of rotatable bonds is 6. The van der Waals surface area contributed by atoms with Gasteiger partial charge in [0.2, 0.25) is 5.91 Å². The second-order valence-corrected chi connectivity index (χ2v) is 5.58. The van der Waals surface area contributed by atoms with Gasteiger partial charge in [-0.2, -0.15) is 0 Å². The van der Waals surface area contributed by atoms with Crippen molar-refractivity contribution in [1.82, 2.24) is 5.32 Å². The van der Waals surface area contributed by atoms with Crippen molar-refractivity contribution in [2.45, 2.75) is 37.9 Å². The molecular formula is C13H17NO4S. The van der Waals surface area contributed by atoms with Gasteiger partial charge < -0.3 is 15.2 Å². The third-order valence-corrected chi connectivity index (χ3v) is 4.02. The van der Waals surface area contributed by atoms with Gasteiger partial charge in [0.1, 0.15) is 0 Å². The van der Waals surface area contributed by atoms with E-state index in [1.807, 2.05) is 17.5 Å². The molecule has 2 unspecified atom stereocenters. The van der Waals surface area contributed by atoms with E-state index in [-0.39, 0.29) is 12.0 Å². The van der Waals surface area contributed by atoms with Gasteiger partial charge in [0.05, 0.1) is 6.10 Å². The Morgan fingerprint density at radius 2 is 2.32 bits per heavy atom. The number of nitrogens with one attached hydrogen (secondary N) is 1. The Morgan fingerprint density at radius 1 is 1.47 bits per heavy atom. The van der Waals surface area contributed by atoms with Crippen molar-refractivity contribution in [2.24, 2.45) is 0 Å². The van der Waals surface area contributed by atoms with Crippen molar-refractivity contribution in [2.75, 3.05) is 6.54 Å². The molecule has 2 atom stereocenters. The summed E-state index contributed by atoms with van der Waals surface area (Å²) < 4.78 is 5.31. The van der Waals surface area contributed by atoms with E-state index in [0.29, 0.717) is 25.8 Å². The smallest absolute Gasteiger partial charge is 0.332 e. The van der Waals surface area contributed by atoms with E-state index in [0.717, 1.165) is 6.42 Å². The molecule has 0 bridgehead atoms. The maximum Gasteiger partial charge on any atom is 0.332 e. The minimum atomic E-state index is -0.925. The summed E-state index contributed by atoms with van der Waals surface area (Å²) in [6, 6.07) is 3.98. The molecule has 1 aliphatic heterocycles. The van der Waals surface area contributed by atoms with E-state index in [4.69, 9.17) is 9.84 Å². The molecule has 1 aliphatic rings. The van der Waals surface area contributed by atoms with Crippen LogP contribution in [0.25, 0.3) is 0 Å². The number of thiophene rings is 1. The lowest BCUT2D eigenvalue weighted by molar-refractivity contribution is -0.149. The van der Waals surface area contributed by atoms with Crippen LogP contribution in [0.4, 0.5) is 0 Å². The molecule has 0 saturated carbocycles. The number of hydrogen-bond donors (Lipinski definition) is 2. The molecule has 2 N–H and O–H groups in total. The predicted octanol–water partition coefficient (Wildman–Crippen LogP) is 1.43. The molecule has 0 radical (unpaired) electrons. The van der Waals surface area contributed by atoms with Gasteiger partial charge >= 0.3 is 5.97 Å². The molecule has 19 heavy (non-hydrogen) atoms. The summed E-state index contributed by atoms with van der Waals surface area (Å²) in [5, 5.41) is 13.6. The van der Waals surface area contributed by atoms with Crippen LogP contribution in [0.3, 0.4) is 0 Å². The fourth-order valence-corrected chi connectivity index (χ4v) is 2.75. The molecule has 6 heteroatoms. The Balaban J connectivity index is 1.63. The Hall–Kier alpha value is -1.40. The van der Waals surface area contributed by atoms with Gasteiger partial charge in [0.15, 0.2) is 6.10 Å². The first kappa shape index (κ1) is 14.0.